The van der Waals surface area contributed by atoms with Crippen LogP contribution in [0.3, 0.4) is 0 Å². The molecule has 1 atom stereocenters. The molecule has 1 aromatic rings. The highest BCUT2D eigenvalue weighted by Crippen LogP contribution is 2.35. The standard InChI is InChI=1S/C29H53NO/c1-4-5-6-7-8-9-10-11-12-13-14-15-16-17-18-22-25-29(26-27-31,30(2)3)28-23-20-19-21-24-28/h19-21,23-24,31H,4-18,22,25-27H2,1-3H3. The van der Waals surface area contributed by atoms with Gasteiger partial charge >= 0.3 is 0 Å². The van der Waals surface area contributed by atoms with E-state index in [-0.39, 0.29) is 12.1 Å². The molecule has 0 fully saturated rings. The van der Waals surface area contributed by atoms with Gasteiger partial charge in [-0.25, -0.2) is 0 Å². The van der Waals surface area contributed by atoms with Gasteiger partial charge in [0.25, 0.3) is 0 Å². The van der Waals surface area contributed by atoms with Crippen molar-refractivity contribution in [1.82, 2.24) is 4.90 Å². The van der Waals surface area contributed by atoms with Gasteiger partial charge in [0.15, 0.2) is 0 Å². The Bertz CT molecular complexity index is 501. The lowest BCUT2D eigenvalue weighted by Crippen LogP contribution is -2.42. The van der Waals surface area contributed by atoms with Gasteiger partial charge in [0.1, 0.15) is 0 Å². The number of rotatable bonds is 21. The van der Waals surface area contributed by atoms with Gasteiger partial charge in [0.05, 0.1) is 0 Å². The number of unbranched alkanes of at least 4 members (excludes halogenated alkanes) is 15. The minimum absolute atomic E-state index is 0.0357. The lowest BCUT2D eigenvalue weighted by molar-refractivity contribution is 0.0934. The molecule has 1 rings (SSSR count). The van der Waals surface area contributed by atoms with Gasteiger partial charge in [0, 0.05) is 12.1 Å². The van der Waals surface area contributed by atoms with Crippen molar-refractivity contribution in [1.29, 1.82) is 0 Å². The number of benzene rings is 1. The summed E-state index contributed by atoms with van der Waals surface area (Å²) in [6.45, 7) is 2.53. The molecule has 1 N–H and O–H groups in total. The van der Waals surface area contributed by atoms with Gasteiger partial charge < -0.3 is 5.11 Å². The number of nitrogens with zero attached hydrogens (tertiary/aromatic N) is 1. The normalized spacial score (nSPS) is 13.6. The number of hydrogen-bond acceptors (Lipinski definition) is 2. The van der Waals surface area contributed by atoms with Crippen molar-refractivity contribution in [2.45, 2.75) is 128 Å². The monoisotopic (exact) mass is 431 g/mol. The van der Waals surface area contributed by atoms with Crippen LogP contribution in [0.25, 0.3) is 0 Å². The molecule has 2 heteroatoms. The Morgan fingerprint density at radius 2 is 1.03 bits per heavy atom. The second-order valence-electron chi connectivity index (χ2n) is 9.82. The molecule has 0 heterocycles. The van der Waals surface area contributed by atoms with E-state index < -0.39 is 0 Å². The maximum atomic E-state index is 9.72. The zero-order chi connectivity index (χ0) is 22.6. The minimum atomic E-state index is -0.0357. The van der Waals surface area contributed by atoms with Crippen LogP contribution in [0, 0.1) is 0 Å². The second kappa shape index (κ2) is 18.7. The van der Waals surface area contributed by atoms with E-state index >= 15 is 0 Å². The summed E-state index contributed by atoms with van der Waals surface area (Å²) in [6, 6.07) is 10.8. The fraction of sp³-hybridized carbons (Fsp3) is 0.793. The summed E-state index contributed by atoms with van der Waals surface area (Å²) >= 11 is 0. The highest BCUT2D eigenvalue weighted by Gasteiger charge is 2.33. The largest absolute Gasteiger partial charge is 0.396 e. The zero-order valence-corrected chi connectivity index (χ0v) is 21.2. The molecule has 0 aliphatic carbocycles. The molecule has 180 valence electrons. The summed E-state index contributed by atoms with van der Waals surface area (Å²) in [4.78, 5) is 2.32. The van der Waals surface area contributed by atoms with Crippen molar-refractivity contribution >= 4 is 0 Å². The van der Waals surface area contributed by atoms with Crippen molar-refractivity contribution in [3.63, 3.8) is 0 Å². The van der Waals surface area contributed by atoms with E-state index in [9.17, 15) is 5.11 Å². The Kier molecular flexibility index (Phi) is 17.0. The van der Waals surface area contributed by atoms with E-state index in [0.29, 0.717) is 0 Å². The van der Waals surface area contributed by atoms with Crippen molar-refractivity contribution in [3.8, 4) is 0 Å². The molecule has 1 unspecified atom stereocenters. The van der Waals surface area contributed by atoms with Crippen LogP contribution in [-0.2, 0) is 5.54 Å². The molecule has 0 spiro atoms. The minimum Gasteiger partial charge on any atom is -0.396 e. The first-order chi connectivity index (χ1) is 15.2. The Balaban J connectivity index is 2.08. The summed E-state index contributed by atoms with van der Waals surface area (Å²) in [5.41, 5.74) is 1.31. The van der Waals surface area contributed by atoms with Crippen LogP contribution in [0.4, 0.5) is 0 Å². The predicted octanol–water partition coefficient (Wildman–Crippen LogP) is 8.48. The average Bonchev–Trinajstić information content (AvgIpc) is 2.78. The van der Waals surface area contributed by atoms with Crippen LogP contribution in [0.2, 0.25) is 0 Å². The summed E-state index contributed by atoms with van der Waals surface area (Å²) < 4.78 is 0. The van der Waals surface area contributed by atoms with E-state index in [0.717, 1.165) is 12.8 Å². The third-order valence-electron chi connectivity index (χ3n) is 7.14. The fourth-order valence-corrected chi connectivity index (χ4v) is 5.02. The molecule has 2 nitrogen and oxygen atoms in total. The first-order valence-electron chi connectivity index (χ1n) is 13.5. The van der Waals surface area contributed by atoms with Gasteiger partial charge in [-0.05, 0) is 32.5 Å². The quantitative estimate of drug-likeness (QED) is 0.197. The van der Waals surface area contributed by atoms with Crippen molar-refractivity contribution < 1.29 is 5.11 Å². The topological polar surface area (TPSA) is 23.5 Å². The molecule has 31 heavy (non-hydrogen) atoms. The second-order valence-corrected chi connectivity index (χ2v) is 9.82. The zero-order valence-electron chi connectivity index (χ0n) is 21.2. The van der Waals surface area contributed by atoms with Crippen LogP contribution in [0.5, 0.6) is 0 Å². The highest BCUT2D eigenvalue weighted by atomic mass is 16.3. The maximum Gasteiger partial charge on any atom is 0.0476 e. The summed E-state index contributed by atoms with van der Waals surface area (Å²) in [7, 11) is 4.32. The van der Waals surface area contributed by atoms with Crippen LogP contribution >= 0.6 is 0 Å². The molecule has 0 aliphatic heterocycles. The van der Waals surface area contributed by atoms with E-state index in [4.69, 9.17) is 0 Å². The number of hydrogen-bond donors (Lipinski definition) is 1. The van der Waals surface area contributed by atoms with Gasteiger partial charge in [0.2, 0.25) is 0 Å². The number of aliphatic hydroxyl groups is 1. The molecular weight excluding hydrogens is 378 g/mol. The van der Waals surface area contributed by atoms with E-state index in [1.54, 1.807) is 0 Å². The van der Waals surface area contributed by atoms with E-state index in [2.05, 4.69) is 56.3 Å². The van der Waals surface area contributed by atoms with Crippen LogP contribution in [-0.4, -0.2) is 30.7 Å². The molecule has 0 radical (unpaired) electrons. The smallest absolute Gasteiger partial charge is 0.0476 e. The Hall–Kier alpha value is -0.860. The number of aliphatic hydroxyl groups excluding tert-OH is 1. The van der Waals surface area contributed by atoms with Crippen molar-refractivity contribution in [2.24, 2.45) is 0 Å². The highest BCUT2D eigenvalue weighted by molar-refractivity contribution is 5.24. The van der Waals surface area contributed by atoms with Crippen molar-refractivity contribution in [2.75, 3.05) is 20.7 Å². The molecule has 0 aliphatic rings. The Labute approximate surface area is 194 Å². The first-order valence-corrected chi connectivity index (χ1v) is 13.5. The Morgan fingerprint density at radius 1 is 0.613 bits per heavy atom. The van der Waals surface area contributed by atoms with Gasteiger partial charge in [-0.15, -0.1) is 0 Å². The molecule has 0 aromatic heterocycles. The maximum absolute atomic E-state index is 9.72. The van der Waals surface area contributed by atoms with Crippen molar-refractivity contribution in [3.05, 3.63) is 35.9 Å². The van der Waals surface area contributed by atoms with E-state index in [1.165, 1.54) is 108 Å². The summed E-state index contributed by atoms with van der Waals surface area (Å²) in [5, 5.41) is 9.72. The third kappa shape index (κ3) is 12.1. The van der Waals surface area contributed by atoms with Gasteiger partial charge in [-0.1, -0.05) is 140 Å². The molecule has 0 saturated carbocycles. The lowest BCUT2D eigenvalue weighted by Gasteiger charge is -2.40. The van der Waals surface area contributed by atoms with Gasteiger partial charge in [-0.2, -0.15) is 0 Å². The molecule has 0 saturated heterocycles. The summed E-state index contributed by atoms with van der Waals surface area (Å²) in [5.74, 6) is 0. The van der Waals surface area contributed by atoms with Gasteiger partial charge in [-0.3, -0.25) is 4.90 Å². The average molecular weight is 432 g/mol. The SMILES string of the molecule is CCCCCCCCCCCCCCCCCCC(CCO)(c1ccccc1)N(C)C. The third-order valence-corrected chi connectivity index (χ3v) is 7.14. The molecular formula is C29H53NO. The molecule has 0 amide bonds. The van der Waals surface area contributed by atoms with Crippen LogP contribution in [0.1, 0.15) is 128 Å². The van der Waals surface area contributed by atoms with Crippen LogP contribution < -0.4 is 0 Å². The summed E-state index contributed by atoms with van der Waals surface area (Å²) in [6.07, 6.45) is 24.4. The molecule has 0 bridgehead atoms. The first kappa shape index (κ1) is 28.2. The van der Waals surface area contributed by atoms with Crippen LogP contribution in [0.15, 0.2) is 30.3 Å². The predicted molar refractivity (Wildman–Crippen MR) is 138 cm³/mol. The molecule has 1 aromatic carbocycles. The van der Waals surface area contributed by atoms with E-state index in [1.807, 2.05) is 0 Å². The lowest BCUT2D eigenvalue weighted by atomic mass is 9.81. The Morgan fingerprint density at radius 3 is 1.42 bits per heavy atom. The fourth-order valence-electron chi connectivity index (χ4n) is 5.02.